The van der Waals surface area contributed by atoms with Crippen LogP contribution in [-0.2, 0) is 12.0 Å². The van der Waals surface area contributed by atoms with E-state index in [4.69, 9.17) is 4.74 Å². The number of carbonyl (C=O) groups excluding carboxylic acids is 1. The third kappa shape index (κ3) is 4.49. The summed E-state index contributed by atoms with van der Waals surface area (Å²) >= 11 is 0. The largest absolute Gasteiger partial charge is 0.492 e. The second-order valence-corrected chi connectivity index (χ2v) is 7.45. The van der Waals surface area contributed by atoms with Crippen molar-refractivity contribution in [3.63, 3.8) is 0 Å². The van der Waals surface area contributed by atoms with E-state index in [2.05, 4.69) is 34.4 Å². The first-order valence-corrected chi connectivity index (χ1v) is 9.19. The maximum absolute atomic E-state index is 12.8. The number of ether oxygens (including phenoxy) is 1. The van der Waals surface area contributed by atoms with Crippen molar-refractivity contribution >= 4 is 29.8 Å². The van der Waals surface area contributed by atoms with E-state index in [1.807, 2.05) is 30.3 Å². The lowest BCUT2D eigenvalue weighted by molar-refractivity contribution is 0.102. The van der Waals surface area contributed by atoms with Crippen molar-refractivity contribution in [3.05, 3.63) is 77.7 Å². The topological polar surface area (TPSA) is 76.1 Å². The number of nitrogens with zero attached hydrogens (tertiary/aromatic N) is 2. The zero-order chi connectivity index (χ0) is 19.6. The van der Waals surface area contributed by atoms with Crippen LogP contribution in [0.15, 0.2) is 61.1 Å². The molecule has 0 fully saturated rings. The molecule has 0 aliphatic carbocycles. The van der Waals surface area contributed by atoms with Crippen molar-refractivity contribution in [2.45, 2.75) is 25.8 Å². The number of halogens is 1. The highest BCUT2D eigenvalue weighted by Crippen LogP contribution is 2.39. The summed E-state index contributed by atoms with van der Waals surface area (Å²) in [6, 6.07) is 13.1. The molecule has 0 spiro atoms. The minimum absolute atomic E-state index is 0. The van der Waals surface area contributed by atoms with Crippen molar-refractivity contribution in [2.24, 2.45) is 0 Å². The average molecular weight is 411 g/mol. The van der Waals surface area contributed by atoms with Crippen molar-refractivity contribution in [2.75, 3.05) is 17.2 Å². The molecule has 0 saturated carbocycles. The van der Waals surface area contributed by atoms with Crippen LogP contribution in [0.5, 0.6) is 5.75 Å². The molecule has 2 N–H and O–H groups in total. The molecule has 0 unspecified atom stereocenters. The van der Waals surface area contributed by atoms with Crippen LogP contribution >= 0.6 is 12.4 Å². The van der Waals surface area contributed by atoms with Crippen LogP contribution in [0.3, 0.4) is 0 Å². The Balaban J connectivity index is 0.00000240. The monoisotopic (exact) mass is 410 g/mol. The van der Waals surface area contributed by atoms with Gasteiger partial charge in [-0.1, -0.05) is 19.9 Å². The Bertz CT molecular complexity index is 1010. The molecule has 1 aliphatic heterocycles. The second kappa shape index (κ2) is 8.49. The Hall–Kier alpha value is -3.12. The molecule has 0 saturated heterocycles. The minimum atomic E-state index is -0.220. The Morgan fingerprint density at radius 1 is 1.14 bits per heavy atom. The number of amides is 1. The lowest BCUT2D eigenvalue weighted by Gasteiger charge is -2.15. The molecule has 150 valence electrons. The first kappa shape index (κ1) is 20.6. The zero-order valence-electron chi connectivity index (χ0n) is 16.3. The summed E-state index contributed by atoms with van der Waals surface area (Å²) in [5.74, 6) is 1.14. The molecule has 1 aromatic carbocycles. The van der Waals surface area contributed by atoms with Crippen molar-refractivity contribution in [3.8, 4) is 5.75 Å². The third-order valence-electron chi connectivity index (χ3n) is 4.82. The van der Waals surface area contributed by atoms with Gasteiger partial charge in [-0.3, -0.25) is 9.78 Å². The Labute approximate surface area is 176 Å². The number of hydrogen-bond donors (Lipinski definition) is 2. The summed E-state index contributed by atoms with van der Waals surface area (Å²) in [5.41, 5.74) is 3.39. The first-order valence-electron chi connectivity index (χ1n) is 9.19. The Morgan fingerprint density at radius 3 is 2.72 bits per heavy atom. The molecule has 1 aliphatic rings. The normalized spacial score (nSPS) is 13.6. The van der Waals surface area contributed by atoms with Gasteiger partial charge >= 0.3 is 0 Å². The number of fused-ring (bicyclic) bond motifs is 1. The molecular formula is C22H23ClN4O2. The first-order chi connectivity index (χ1) is 13.5. The fraction of sp³-hybridized carbons (Fsp3) is 0.227. The molecule has 0 radical (unpaired) electrons. The predicted octanol–water partition coefficient (Wildman–Crippen LogP) is 4.43. The van der Waals surface area contributed by atoms with Gasteiger partial charge < -0.3 is 15.4 Å². The van der Waals surface area contributed by atoms with Crippen molar-refractivity contribution in [1.29, 1.82) is 0 Å². The van der Waals surface area contributed by atoms with E-state index in [9.17, 15) is 4.79 Å². The summed E-state index contributed by atoms with van der Waals surface area (Å²) in [6.45, 7) is 5.49. The van der Waals surface area contributed by atoms with Gasteiger partial charge in [-0.2, -0.15) is 0 Å². The number of anilines is 2. The number of carbonyl (C=O) groups is 1. The lowest BCUT2D eigenvalue weighted by atomic mass is 9.87. The van der Waals surface area contributed by atoms with Crippen LogP contribution < -0.4 is 15.4 Å². The van der Waals surface area contributed by atoms with Gasteiger partial charge in [0.05, 0.1) is 12.2 Å². The Kier molecular flexibility index (Phi) is 6.03. The van der Waals surface area contributed by atoms with Gasteiger partial charge in [-0.25, -0.2) is 4.98 Å². The van der Waals surface area contributed by atoms with Gasteiger partial charge in [0.1, 0.15) is 11.6 Å². The van der Waals surface area contributed by atoms with Gasteiger partial charge in [-0.05, 0) is 35.9 Å². The average Bonchev–Trinajstić information content (AvgIpc) is 3.01. The molecule has 0 bridgehead atoms. The van der Waals surface area contributed by atoms with E-state index in [1.54, 1.807) is 30.7 Å². The molecule has 3 aromatic rings. The smallest absolute Gasteiger partial charge is 0.259 e. The number of rotatable bonds is 5. The number of hydrogen-bond acceptors (Lipinski definition) is 5. The third-order valence-corrected chi connectivity index (χ3v) is 4.82. The zero-order valence-corrected chi connectivity index (χ0v) is 17.1. The molecule has 4 rings (SSSR count). The molecule has 3 heterocycles. The van der Waals surface area contributed by atoms with Crippen LogP contribution in [0.2, 0.25) is 0 Å². The molecule has 7 heteroatoms. The van der Waals surface area contributed by atoms with Crippen molar-refractivity contribution in [1.82, 2.24) is 9.97 Å². The fourth-order valence-electron chi connectivity index (χ4n) is 3.23. The van der Waals surface area contributed by atoms with E-state index < -0.39 is 0 Å². The highest BCUT2D eigenvalue weighted by Gasteiger charge is 2.31. The molecule has 0 atom stereocenters. The highest BCUT2D eigenvalue weighted by molar-refractivity contribution is 6.07. The van der Waals surface area contributed by atoms with E-state index in [-0.39, 0.29) is 23.7 Å². The quantitative estimate of drug-likeness (QED) is 0.650. The summed E-state index contributed by atoms with van der Waals surface area (Å²) < 4.78 is 5.77. The van der Waals surface area contributed by atoms with E-state index >= 15 is 0 Å². The second-order valence-electron chi connectivity index (χ2n) is 7.45. The van der Waals surface area contributed by atoms with Crippen LogP contribution in [0.1, 0.15) is 35.3 Å². The minimum Gasteiger partial charge on any atom is -0.492 e. The van der Waals surface area contributed by atoms with Gasteiger partial charge in [0.2, 0.25) is 0 Å². The molecular weight excluding hydrogens is 388 g/mol. The van der Waals surface area contributed by atoms with E-state index in [0.29, 0.717) is 30.2 Å². The van der Waals surface area contributed by atoms with Gasteiger partial charge in [-0.15, -0.1) is 12.4 Å². The summed E-state index contributed by atoms with van der Waals surface area (Å²) in [4.78, 5) is 21.2. The highest BCUT2D eigenvalue weighted by atomic mass is 35.5. The molecule has 2 aromatic heterocycles. The standard InChI is InChI=1S/C22H22N4O2.ClH/c1-22(2)14-28-19-12-16(5-6-18(19)22)26-21(27)17-4-3-9-24-20(17)25-13-15-7-10-23-11-8-15;/h3-12H,13-14H2,1-2H3,(H,24,25)(H,26,27);1H. The number of nitrogens with one attached hydrogen (secondary N) is 2. The van der Waals surface area contributed by atoms with Crippen molar-refractivity contribution < 1.29 is 9.53 Å². The van der Waals surface area contributed by atoms with Gasteiger partial charge in [0.15, 0.2) is 0 Å². The number of benzene rings is 1. The van der Waals surface area contributed by atoms with Crippen LogP contribution in [0.4, 0.5) is 11.5 Å². The molecule has 6 nitrogen and oxygen atoms in total. The summed E-state index contributed by atoms with van der Waals surface area (Å²) in [7, 11) is 0. The van der Waals surface area contributed by atoms with Gasteiger partial charge in [0.25, 0.3) is 5.91 Å². The molecule has 29 heavy (non-hydrogen) atoms. The predicted molar refractivity (Wildman–Crippen MR) is 116 cm³/mol. The SMILES string of the molecule is CC1(C)COc2cc(NC(=O)c3cccnc3NCc3ccncc3)ccc21.Cl. The lowest BCUT2D eigenvalue weighted by Crippen LogP contribution is -2.18. The van der Waals surface area contributed by atoms with Crippen LogP contribution in [0, 0.1) is 0 Å². The Morgan fingerprint density at radius 2 is 1.93 bits per heavy atom. The van der Waals surface area contributed by atoms with Crippen LogP contribution in [-0.4, -0.2) is 22.5 Å². The van der Waals surface area contributed by atoms with Crippen LogP contribution in [0.25, 0.3) is 0 Å². The maximum Gasteiger partial charge on any atom is 0.259 e. The van der Waals surface area contributed by atoms with E-state index in [0.717, 1.165) is 16.9 Å². The fourth-order valence-corrected chi connectivity index (χ4v) is 3.23. The van der Waals surface area contributed by atoms with Gasteiger partial charge in [0, 0.05) is 47.9 Å². The molecule has 1 amide bonds. The summed E-state index contributed by atoms with van der Waals surface area (Å²) in [6.07, 6.45) is 5.14. The van der Waals surface area contributed by atoms with E-state index in [1.165, 1.54) is 0 Å². The number of pyridine rings is 2. The number of aromatic nitrogens is 2. The summed E-state index contributed by atoms with van der Waals surface area (Å²) in [5, 5.41) is 6.17. The maximum atomic E-state index is 12.8.